The van der Waals surface area contributed by atoms with E-state index in [2.05, 4.69) is 11.4 Å². The Kier molecular flexibility index (Phi) is 5.25. The second kappa shape index (κ2) is 7.96. The maximum absolute atomic E-state index is 13.7. The smallest absolute Gasteiger partial charge is 0.257 e. The molecule has 0 unspecified atom stereocenters. The van der Waals surface area contributed by atoms with Gasteiger partial charge in [0, 0.05) is 12.1 Å². The first-order valence-electron chi connectivity index (χ1n) is 9.22. The number of hydrogen-bond donors (Lipinski definition) is 1. The van der Waals surface area contributed by atoms with Crippen LogP contribution in [0, 0.1) is 5.82 Å². The molecule has 142 valence electrons. The van der Waals surface area contributed by atoms with Gasteiger partial charge >= 0.3 is 0 Å². The van der Waals surface area contributed by atoms with Crippen molar-refractivity contribution < 1.29 is 23.4 Å². The number of halogens is 1. The molecule has 5 nitrogen and oxygen atoms in total. The number of ether oxygens (including phenoxy) is 3. The highest BCUT2D eigenvalue weighted by atomic mass is 19.1. The van der Waals surface area contributed by atoms with Crippen molar-refractivity contribution in [2.24, 2.45) is 0 Å². The summed E-state index contributed by atoms with van der Waals surface area (Å²) in [7, 11) is 0. The minimum absolute atomic E-state index is 0.0373. The lowest BCUT2D eigenvalue weighted by Crippen LogP contribution is -2.30. The molecule has 0 radical (unpaired) electrons. The summed E-state index contributed by atoms with van der Waals surface area (Å²) in [5.41, 5.74) is 4.11. The van der Waals surface area contributed by atoms with E-state index >= 15 is 0 Å². The van der Waals surface area contributed by atoms with Crippen molar-refractivity contribution in [3.63, 3.8) is 0 Å². The third-order valence-electron chi connectivity index (χ3n) is 4.91. The van der Waals surface area contributed by atoms with E-state index in [0.717, 1.165) is 24.2 Å². The largest absolute Gasteiger partial charge is 0.484 e. The van der Waals surface area contributed by atoms with Gasteiger partial charge in [0.05, 0.1) is 6.61 Å². The standard InChI is InChI=1S/C21H22FNO4/c22-18-8-16(21-17(9-18)11-25-13-27-21)6-7-23-20(24)12-26-19-5-4-14-2-1-3-15(14)10-19/h4-5,8-10H,1-3,6-7,11-13H2,(H,23,24). The molecule has 0 saturated carbocycles. The Labute approximate surface area is 157 Å². The predicted octanol–water partition coefficient (Wildman–Crippen LogP) is 2.92. The third-order valence-corrected chi connectivity index (χ3v) is 4.91. The summed E-state index contributed by atoms with van der Waals surface area (Å²) < 4.78 is 30.0. The van der Waals surface area contributed by atoms with Gasteiger partial charge in [-0.3, -0.25) is 4.79 Å². The number of carbonyl (C=O) groups is 1. The van der Waals surface area contributed by atoms with Gasteiger partial charge in [-0.05, 0) is 66.6 Å². The molecular weight excluding hydrogens is 349 g/mol. The summed E-state index contributed by atoms with van der Waals surface area (Å²) in [5.74, 6) is 0.846. The Morgan fingerprint density at radius 3 is 2.96 bits per heavy atom. The van der Waals surface area contributed by atoms with Crippen LogP contribution in [0.25, 0.3) is 0 Å². The van der Waals surface area contributed by atoms with Crippen molar-refractivity contribution in [3.8, 4) is 11.5 Å². The number of rotatable bonds is 6. The molecular formula is C21H22FNO4. The van der Waals surface area contributed by atoms with E-state index in [1.807, 2.05) is 12.1 Å². The second-order valence-corrected chi connectivity index (χ2v) is 6.84. The van der Waals surface area contributed by atoms with Crippen LogP contribution >= 0.6 is 0 Å². The highest BCUT2D eigenvalue weighted by molar-refractivity contribution is 5.77. The average molecular weight is 371 g/mol. The molecule has 2 aromatic rings. The summed E-state index contributed by atoms with van der Waals surface area (Å²) in [6.45, 7) is 0.838. The molecule has 1 heterocycles. The SMILES string of the molecule is O=C(COc1ccc2c(c1)CCC2)NCCc1cc(F)cc2c1OCOC2. The van der Waals surface area contributed by atoms with Crippen LogP contribution in [-0.2, 0) is 35.4 Å². The minimum atomic E-state index is -0.330. The van der Waals surface area contributed by atoms with Crippen LogP contribution in [0.3, 0.4) is 0 Å². The summed E-state index contributed by atoms with van der Waals surface area (Å²) in [4.78, 5) is 12.0. The molecule has 2 aromatic carbocycles. The molecule has 4 rings (SSSR count). The fourth-order valence-corrected chi connectivity index (χ4v) is 3.62. The van der Waals surface area contributed by atoms with Crippen LogP contribution in [-0.4, -0.2) is 25.9 Å². The van der Waals surface area contributed by atoms with Crippen LogP contribution in [0.5, 0.6) is 11.5 Å². The first-order chi connectivity index (χ1) is 13.2. The predicted molar refractivity (Wildman–Crippen MR) is 97.4 cm³/mol. The number of carbonyl (C=O) groups excluding carboxylic acids is 1. The van der Waals surface area contributed by atoms with Gasteiger partial charge in [-0.2, -0.15) is 0 Å². The van der Waals surface area contributed by atoms with E-state index in [0.29, 0.717) is 30.9 Å². The minimum Gasteiger partial charge on any atom is -0.484 e. The van der Waals surface area contributed by atoms with Crippen LogP contribution in [0.15, 0.2) is 30.3 Å². The van der Waals surface area contributed by atoms with Crippen molar-refractivity contribution in [2.75, 3.05) is 19.9 Å². The molecule has 1 N–H and O–H groups in total. The van der Waals surface area contributed by atoms with E-state index in [1.54, 1.807) is 0 Å². The third kappa shape index (κ3) is 4.22. The molecule has 6 heteroatoms. The summed E-state index contributed by atoms with van der Waals surface area (Å²) in [5, 5.41) is 2.81. The monoisotopic (exact) mass is 371 g/mol. The fourth-order valence-electron chi connectivity index (χ4n) is 3.62. The van der Waals surface area contributed by atoms with Gasteiger partial charge < -0.3 is 19.5 Å². The number of fused-ring (bicyclic) bond motifs is 2. The molecule has 0 saturated heterocycles. The number of amides is 1. The van der Waals surface area contributed by atoms with Crippen LogP contribution in [0.2, 0.25) is 0 Å². The van der Waals surface area contributed by atoms with E-state index in [1.165, 1.54) is 29.7 Å². The number of nitrogens with one attached hydrogen (secondary N) is 1. The van der Waals surface area contributed by atoms with Crippen LogP contribution in [0.1, 0.15) is 28.7 Å². The molecule has 0 atom stereocenters. The lowest BCUT2D eigenvalue weighted by molar-refractivity contribution is -0.123. The molecule has 27 heavy (non-hydrogen) atoms. The Hall–Kier alpha value is -2.60. The van der Waals surface area contributed by atoms with Crippen LogP contribution in [0.4, 0.5) is 4.39 Å². The molecule has 0 bridgehead atoms. The maximum atomic E-state index is 13.7. The first-order valence-corrected chi connectivity index (χ1v) is 9.22. The van der Waals surface area contributed by atoms with Gasteiger partial charge in [0.1, 0.15) is 17.3 Å². The number of hydrogen-bond acceptors (Lipinski definition) is 4. The van der Waals surface area contributed by atoms with E-state index in [-0.39, 0.29) is 25.1 Å². The number of aryl methyl sites for hydroxylation is 2. The van der Waals surface area contributed by atoms with Crippen LogP contribution < -0.4 is 14.8 Å². The molecule has 0 aromatic heterocycles. The lowest BCUT2D eigenvalue weighted by Gasteiger charge is -2.21. The van der Waals surface area contributed by atoms with E-state index in [9.17, 15) is 9.18 Å². The van der Waals surface area contributed by atoms with E-state index in [4.69, 9.17) is 14.2 Å². The summed E-state index contributed by atoms with van der Waals surface area (Å²) in [6.07, 6.45) is 3.85. The van der Waals surface area contributed by atoms with Crippen molar-refractivity contribution >= 4 is 5.91 Å². The highest BCUT2D eigenvalue weighted by Gasteiger charge is 2.17. The molecule has 1 aliphatic carbocycles. The zero-order valence-corrected chi connectivity index (χ0v) is 15.1. The van der Waals surface area contributed by atoms with Crippen molar-refractivity contribution in [1.29, 1.82) is 0 Å². The van der Waals surface area contributed by atoms with Gasteiger partial charge in [0.25, 0.3) is 5.91 Å². The maximum Gasteiger partial charge on any atom is 0.257 e. The molecule has 2 aliphatic rings. The van der Waals surface area contributed by atoms with Crippen molar-refractivity contribution in [2.45, 2.75) is 32.3 Å². The van der Waals surface area contributed by atoms with Gasteiger partial charge in [0.15, 0.2) is 13.4 Å². The first kappa shape index (κ1) is 17.8. The summed E-state index contributed by atoms with van der Waals surface area (Å²) >= 11 is 0. The fraction of sp³-hybridized carbons (Fsp3) is 0.381. The Morgan fingerprint density at radius 2 is 2.04 bits per heavy atom. The van der Waals surface area contributed by atoms with Gasteiger partial charge in [-0.25, -0.2) is 4.39 Å². The second-order valence-electron chi connectivity index (χ2n) is 6.84. The van der Waals surface area contributed by atoms with Gasteiger partial charge in [-0.1, -0.05) is 6.07 Å². The van der Waals surface area contributed by atoms with Gasteiger partial charge in [-0.15, -0.1) is 0 Å². The Balaban J connectivity index is 1.27. The topological polar surface area (TPSA) is 56.8 Å². The van der Waals surface area contributed by atoms with Crippen molar-refractivity contribution in [1.82, 2.24) is 5.32 Å². The highest BCUT2D eigenvalue weighted by Crippen LogP contribution is 2.29. The van der Waals surface area contributed by atoms with E-state index < -0.39 is 0 Å². The molecule has 1 aliphatic heterocycles. The van der Waals surface area contributed by atoms with Gasteiger partial charge in [0.2, 0.25) is 0 Å². The number of benzene rings is 2. The zero-order valence-electron chi connectivity index (χ0n) is 15.1. The Morgan fingerprint density at radius 1 is 1.15 bits per heavy atom. The lowest BCUT2D eigenvalue weighted by atomic mass is 10.1. The zero-order chi connectivity index (χ0) is 18.6. The average Bonchev–Trinajstić information content (AvgIpc) is 3.14. The normalized spacial score (nSPS) is 14.9. The molecule has 0 spiro atoms. The Bertz CT molecular complexity index is 852. The summed E-state index contributed by atoms with van der Waals surface area (Å²) in [6, 6.07) is 8.87. The molecule has 0 fully saturated rings. The quantitative estimate of drug-likeness (QED) is 0.848. The molecule has 1 amide bonds. The van der Waals surface area contributed by atoms with Crippen molar-refractivity contribution in [3.05, 3.63) is 58.4 Å².